The summed E-state index contributed by atoms with van der Waals surface area (Å²) >= 11 is 0. The third-order valence-electron chi connectivity index (χ3n) is 4.75. The molecule has 0 N–H and O–H groups in total. The van der Waals surface area contributed by atoms with Crippen molar-refractivity contribution in [1.82, 2.24) is 4.98 Å². The Labute approximate surface area is 194 Å². The van der Waals surface area contributed by atoms with Gasteiger partial charge in [-0.3, -0.25) is 4.98 Å². The maximum atomic E-state index is 14.0. The molecule has 1 nitrogen and oxygen atoms in total. The first-order valence-electron chi connectivity index (χ1n) is 8.65. The minimum Gasteiger partial charge on any atom is -0.255 e. The van der Waals surface area contributed by atoms with E-state index in [1.165, 1.54) is 0 Å². The lowest BCUT2D eigenvalue weighted by Crippen LogP contribution is -2.76. The fourth-order valence-corrected chi connectivity index (χ4v) is 2.43. The monoisotopic (exact) mass is 611 g/mol. The molecule has 0 aliphatic carbocycles. The Morgan fingerprint density at radius 2 is 0.737 bits per heavy atom. The van der Waals surface area contributed by atoms with E-state index in [9.17, 15) is 92.2 Å². The highest BCUT2D eigenvalue weighted by molar-refractivity contribution is 5.24. The van der Waals surface area contributed by atoms with Gasteiger partial charge in [0, 0.05) is 6.20 Å². The summed E-state index contributed by atoms with van der Waals surface area (Å²) in [5, 5.41) is 0. The van der Waals surface area contributed by atoms with Crippen LogP contribution in [0.15, 0.2) is 18.3 Å². The number of aryl methyl sites for hydroxylation is 1. The highest BCUT2D eigenvalue weighted by Gasteiger charge is 2.98. The Hall–Kier alpha value is -2.32. The van der Waals surface area contributed by atoms with E-state index in [0.29, 0.717) is 6.07 Å². The Kier molecular flexibility index (Phi) is 7.62. The van der Waals surface area contributed by atoms with Crippen LogP contribution in [0.5, 0.6) is 0 Å². The largest absolute Gasteiger partial charge is 0.460 e. The molecule has 0 unspecified atom stereocenters. The Morgan fingerprint density at radius 3 is 1.03 bits per heavy atom. The second kappa shape index (κ2) is 8.59. The lowest BCUT2D eigenvalue weighted by molar-refractivity contribution is -0.475. The molecule has 38 heavy (non-hydrogen) atoms. The van der Waals surface area contributed by atoms with E-state index in [1.807, 2.05) is 0 Å². The van der Waals surface area contributed by atoms with Crippen LogP contribution in [-0.2, 0) is 5.92 Å². The van der Waals surface area contributed by atoms with Gasteiger partial charge in [0.15, 0.2) is 0 Å². The van der Waals surface area contributed by atoms with E-state index >= 15 is 0 Å². The van der Waals surface area contributed by atoms with Crippen LogP contribution in [0, 0.1) is 6.92 Å². The second-order valence-corrected chi connectivity index (χ2v) is 7.39. The van der Waals surface area contributed by atoms with Crippen LogP contribution in [0.2, 0.25) is 0 Å². The first-order chi connectivity index (χ1) is 16.2. The van der Waals surface area contributed by atoms with Gasteiger partial charge in [0.25, 0.3) is 0 Å². The normalized spacial score (nSPS) is 16.2. The number of alkyl halides is 21. The minimum atomic E-state index is -9.18. The highest BCUT2D eigenvalue weighted by Crippen LogP contribution is 2.66. The van der Waals surface area contributed by atoms with Gasteiger partial charge in [0.05, 0.1) is 0 Å². The molecule has 1 heterocycles. The maximum Gasteiger partial charge on any atom is 0.460 e. The van der Waals surface area contributed by atoms with Gasteiger partial charge in [0.1, 0.15) is 5.69 Å². The topological polar surface area (TPSA) is 12.9 Å². The van der Waals surface area contributed by atoms with Crippen LogP contribution in [0.4, 0.5) is 92.2 Å². The van der Waals surface area contributed by atoms with Crippen molar-refractivity contribution in [2.75, 3.05) is 0 Å². The van der Waals surface area contributed by atoms with E-state index in [2.05, 4.69) is 4.98 Å². The third-order valence-corrected chi connectivity index (χ3v) is 4.75. The molecule has 0 atom stereocenters. The molecule has 222 valence electrons. The molecular formula is C16H6F21N. The van der Waals surface area contributed by atoms with Crippen molar-refractivity contribution in [1.29, 1.82) is 0 Å². The molecule has 0 spiro atoms. The Balaban J connectivity index is 3.83. The Bertz CT molecular complexity index is 1020. The zero-order valence-corrected chi connectivity index (χ0v) is 17.1. The summed E-state index contributed by atoms with van der Waals surface area (Å²) in [6.07, 6.45) is -7.88. The molecule has 0 radical (unpaired) electrons. The average Bonchev–Trinajstić information content (AvgIpc) is 2.71. The first kappa shape index (κ1) is 33.7. The van der Waals surface area contributed by atoms with Gasteiger partial charge in [-0.05, 0) is 24.6 Å². The van der Waals surface area contributed by atoms with Gasteiger partial charge < -0.3 is 0 Å². The second-order valence-electron chi connectivity index (χ2n) is 7.39. The smallest absolute Gasteiger partial charge is 0.255 e. The molecule has 22 heteroatoms. The molecule has 1 aromatic rings. The molecule has 0 bridgehead atoms. The lowest BCUT2D eigenvalue weighted by Gasteiger charge is -2.44. The zero-order valence-electron chi connectivity index (χ0n) is 17.1. The van der Waals surface area contributed by atoms with E-state index in [1.54, 1.807) is 0 Å². The summed E-state index contributed by atoms with van der Waals surface area (Å²) in [6, 6.07) is 0.418. The molecule has 0 aromatic carbocycles. The lowest BCUT2D eigenvalue weighted by atomic mass is 9.85. The van der Waals surface area contributed by atoms with Crippen LogP contribution >= 0.6 is 0 Å². The summed E-state index contributed by atoms with van der Waals surface area (Å²) in [5.41, 5.74) is -3.21. The van der Waals surface area contributed by atoms with Gasteiger partial charge in [-0.1, -0.05) is 0 Å². The Morgan fingerprint density at radius 1 is 0.447 bits per heavy atom. The van der Waals surface area contributed by atoms with E-state index < -0.39 is 70.7 Å². The summed E-state index contributed by atoms with van der Waals surface area (Å²) in [5.74, 6) is -77.3. The van der Waals surface area contributed by atoms with Crippen molar-refractivity contribution < 1.29 is 92.2 Å². The molecule has 0 aliphatic heterocycles. The predicted octanol–water partition coefficient (Wildman–Crippen LogP) is 8.13. The standard InChI is InChI=1S/C16H6F21N/c1-5-2-3-38-6(4-5)7(17,18)8(19,20)9(21,22)10(23,24)11(25,26)12(27,28)13(29,30)14(31,32)15(33,34)16(35,36)37/h2-4H,1H3. The van der Waals surface area contributed by atoms with Gasteiger partial charge >= 0.3 is 59.5 Å². The van der Waals surface area contributed by atoms with Crippen molar-refractivity contribution in [3.8, 4) is 0 Å². The molecule has 0 fully saturated rings. The van der Waals surface area contributed by atoms with Crippen molar-refractivity contribution >= 4 is 0 Å². The van der Waals surface area contributed by atoms with Crippen LogP contribution in [-0.4, -0.2) is 58.5 Å². The van der Waals surface area contributed by atoms with Gasteiger partial charge in [0.2, 0.25) is 0 Å². The highest BCUT2D eigenvalue weighted by atomic mass is 19.4. The molecule has 1 aromatic heterocycles. The average molecular weight is 611 g/mol. The van der Waals surface area contributed by atoms with Crippen LogP contribution in [0.3, 0.4) is 0 Å². The zero-order chi connectivity index (χ0) is 31.0. The van der Waals surface area contributed by atoms with Crippen molar-refractivity contribution in [3.05, 3.63) is 29.6 Å². The molecular weight excluding hydrogens is 605 g/mol. The van der Waals surface area contributed by atoms with Crippen molar-refractivity contribution in [3.63, 3.8) is 0 Å². The van der Waals surface area contributed by atoms with E-state index in [-0.39, 0.29) is 12.3 Å². The van der Waals surface area contributed by atoms with Gasteiger partial charge in [-0.25, -0.2) is 0 Å². The van der Waals surface area contributed by atoms with E-state index in [4.69, 9.17) is 0 Å². The number of aromatic nitrogens is 1. The molecule has 0 aliphatic rings. The summed E-state index contributed by atoms with van der Waals surface area (Å²) in [4.78, 5) is 2.35. The summed E-state index contributed by atoms with van der Waals surface area (Å²) < 4.78 is 280. The SMILES string of the molecule is Cc1ccnc(C(F)(F)C(F)(F)C(F)(F)C(F)(F)C(F)(F)C(F)(F)C(F)(F)C(F)(F)C(F)(F)C(F)(F)F)c1. The maximum absolute atomic E-state index is 14.0. The fourth-order valence-electron chi connectivity index (χ4n) is 2.43. The van der Waals surface area contributed by atoms with Crippen LogP contribution < -0.4 is 0 Å². The molecule has 0 saturated heterocycles. The number of rotatable bonds is 9. The van der Waals surface area contributed by atoms with E-state index in [0.717, 1.165) is 6.92 Å². The van der Waals surface area contributed by atoms with Crippen LogP contribution in [0.1, 0.15) is 11.3 Å². The third kappa shape index (κ3) is 4.01. The molecule has 0 saturated carbocycles. The predicted molar refractivity (Wildman–Crippen MR) is 78.5 cm³/mol. The number of hydrogen-bond donors (Lipinski definition) is 0. The number of halogens is 21. The number of hydrogen-bond acceptors (Lipinski definition) is 1. The van der Waals surface area contributed by atoms with Gasteiger partial charge in [-0.2, -0.15) is 92.2 Å². The fraction of sp³-hybridized carbons (Fsp3) is 0.688. The van der Waals surface area contributed by atoms with Crippen molar-refractivity contribution in [2.24, 2.45) is 0 Å². The number of pyridine rings is 1. The van der Waals surface area contributed by atoms with Crippen molar-refractivity contribution in [2.45, 2.75) is 66.4 Å². The molecule has 1 rings (SSSR count). The summed E-state index contributed by atoms with van der Waals surface area (Å²) in [6.45, 7) is 0.750. The minimum absolute atomic E-state index is 0.122. The van der Waals surface area contributed by atoms with Gasteiger partial charge in [-0.15, -0.1) is 0 Å². The number of nitrogens with zero attached hydrogens (tertiary/aromatic N) is 1. The molecule has 0 amide bonds. The quantitative estimate of drug-likeness (QED) is 0.257. The summed E-state index contributed by atoms with van der Waals surface area (Å²) in [7, 11) is 0. The van der Waals surface area contributed by atoms with Crippen LogP contribution in [0.25, 0.3) is 0 Å². The first-order valence-corrected chi connectivity index (χ1v) is 8.65.